The molecular weight excluding hydrogens is 335 g/mol. The smallest absolute Gasteiger partial charge is 0.191 e. The molecule has 0 aliphatic carbocycles. The Hall–Kier alpha value is -2.83. The van der Waals surface area contributed by atoms with Gasteiger partial charge in [-0.15, -0.1) is 0 Å². The number of fused-ring (bicyclic) bond motifs is 1. The van der Waals surface area contributed by atoms with Crippen LogP contribution in [0, 0.1) is 12.7 Å². The molecule has 26 heavy (non-hydrogen) atoms. The first-order valence-electron chi connectivity index (χ1n) is 8.55. The van der Waals surface area contributed by atoms with Crippen LogP contribution in [0.5, 0.6) is 0 Å². The maximum absolute atomic E-state index is 13.4. The lowest BCUT2D eigenvalue weighted by molar-refractivity contribution is 0.372. The average Bonchev–Trinajstić information content (AvgIpc) is 3.21. The Kier molecular flexibility index (Phi) is 5.25. The van der Waals surface area contributed by atoms with E-state index < -0.39 is 0 Å². The summed E-state index contributed by atoms with van der Waals surface area (Å²) in [6.07, 6.45) is 0. The van der Waals surface area contributed by atoms with Gasteiger partial charge in [-0.2, -0.15) is 0 Å². The number of hydrogen-bond donors (Lipinski definition) is 2. The summed E-state index contributed by atoms with van der Waals surface area (Å²) in [7, 11) is 1.69. The Morgan fingerprint density at radius 2 is 2.00 bits per heavy atom. The second-order valence-electron chi connectivity index (χ2n) is 6.44. The van der Waals surface area contributed by atoms with Crippen molar-refractivity contribution < 1.29 is 13.3 Å². The summed E-state index contributed by atoms with van der Waals surface area (Å²) < 4.78 is 24.5. The molecule has 6 nitrogen and oxygen atoms in total. The van der Waals surface area contributed by atoms with Crippen molar-refractivity contribution in [2.45, 2.75) is 39.8 Å². The van der Waals surface area contributed by atoms with E-state index in [0.717, 1.165) is 28.2 Å². The van der Waals surface area contributed by atoms with E-state index in [-0.39, 0.29) is 5.82 Å². The molecule has 3 aromatic rings. The first-order valence-corrected chi connectivity index (χ1v) is 8.55. The van der Waals surface area contributed by atoms with Gasteiger partial charge in [0, 0.05) is 24.1 Å². The molecular formula is C19H23FN4O2. The molecule has 0 unspecified atom stereocenters. The summed E-state index contributed by atoms with van der Waals surface area (Å²) in [5.41, 5.74) is 2.51. The van der Waals surface area contributed by atoms with Crippen LogP contribution in [0.4, 0.5) is 4.39 Å². The third-order valence-corrected chi connectivity index (χ3v) is 4.24. The molecule has 2 heterocycles. The molecule has 0 bridgehead atoms. The minimum atomic E-state index is -0.272. The van der Waals surface area contributed by atoms with Crippen molar-refractivity contribution in [3.05, 3.63) is 52.9 Å². The predicted octanol–water partition coefficient (Wildman–Crippen LogP) is 3.86. The highest BCUT2D eigenvalue weighted by Gasteiger charge is 2.12. The fourth-order valence-corrected chi connectivity index (χ4v) is 2.65. The number of aromatic nitrogens is 1. The fourth-order valence-electron chi connectivity index (χ4n) is 2.65. The van der Waals surface area contributed by atoms with Crippen LogP contribution in [0.25, 0.3) is 11.0 Å². The minimum Gasteiger partial charge on any atom is -0.459 e. The van der Waals surface area contributed by atoms with E-state index in [4.69, 9.17) is 8.94 Å². The molecule has 0 aliphatic heterocycles. The number of furan rings is 1. The van der Waals surface area contributed by atoms with Gasteiger partial charge in [0.2, 0.25) is 0 Å². The quantitative estimate of drug-likeness (QED) is 0.535. The molecule has 0 saturated heterocycles. The lowest BCUT2D eigenvalue weighted by Crippen LogP contribution is -2.36. The van der Waals surface area contributed by atoms with Gasteiger partial charge in [0.15, 0.2) is 11.7 Å². The Bertz CT molecular complexity index is 927. The third kappa shape index (κ3) is 3.87. The van der Waals surface area contributed by atoms with Crippen LogP contribution in [0.1, 0.15) is 42.5 Å². The van der Waals surface area contributed by atoms with E-state index in [0.29, 0.717) is 30.5 Å². The van der Waals surface area contributed by atoms with Gasteiger partial charge in [-0.1, -0.05) is 19.0 Å². The van der Waals surface area contributed by atoms with Crippen LogP contribution in [0.3, 0.4) is 0 Å². The van der Waals surface area contributed by atoms with Crippen molar-refractivity contribution in [1.29, 1.82) is 0 Å². The number of aryl methyl sites for hydroxylation is 1. The third-order valence-electron chi connectivity index (χ3n) is 4.24. The van der Waals surface area contributed by atoms with Crippen molar-refractivity contribution in [3.63, 3.8) is 0 Å². The van der Waals surface area contributed by atoms with Gasteiger partial charge in [-0.05, 0) is 31.0 Å². The Balaban J connectivity index is 1.61. The van der Waals surface area contributed by atoms with Crippen LogP contribution in [-0.4, -0.2) is 18.2 Å². The van der Waals surface area contributed by atoms with Gasteiger partial charge in [0.25, 0.3) is 0 Å². The topological polar surface area (TPSA) is 75.6 Å². The molecule has 0 radical (unpaired) electrons. The molecule has 0 atom stereocenters. The average molecular weight is 358 g/mol. The summed E-state index contributed by atoms with van der Waals surface area (Å²) in [5, 5.41) is 11.2. The van der Waals surface area contributed by atoms with Crippen molar-refractivity contribution in [2.75, 3.05) is 7.05 Å². The highest BCUT2D eigenvalue weighted by Crippen LogP contribution is 2.25. The lowest BCUT2D eigenvalue weighted by atomic mass is 10.1. The monoisotopic (exact) mass is 358 g/mol. The minimum absolute atomic E-state index is 0.272. The molecule has 0 aliphatic rings. The summed E-state index contributed by atoms with van der Waals surface area (Å²) in [6.45, 7) is 6.97. The maximum atomic E-state index is 13.4. The van der Waals surface area contributed by atoms with Crippen molar-refractivity contribution in [3.8, 4) is 0 Å². The molecule has 0 amide bonds. The molecule has 7 heteroatoms. The molecule has 2 N–H and O–H groups in total. The Labute approximate surface area is 151 Å². The van der Waals surface area contributed by atoms with E-state index in [9.17, 15) is 4.39 Å². The zero-order valence-electron chi connectivity index (χ0n) is 15.4. The van der Waals surface area contributed by atoms with Crippen LogP contribution >= 0.6 is 0 Å². The first kappa shape index (κ1) is 18.0. The number of hydrogen-bond acceptors (Lipinski definition) is 4. The van der Waals surface area contributed by atoms with Gasteiger partial charge in [0.05, 0.1) is 18.8 Å². The first-order chi connectivity index (χ1) is 12.5. The number of benzene rings is 1. The van der Waals surface area contributed by atoms with Crippen molar-refractivity contribution in [2.24, 2.45) is 4.99 Å². The van der Waals surface area contributed by atoms with Gasteiger partial charge in [0.1, 0.15) is 17.2 Å². The second kappa shape index (κ2) is 7.59. The number of nitrogens with one attached hydrogen (secondary N) is 2. The number of nitrogens with zero attached hydrogens (tertiary/aromatic N) is 2. The molecule has 3 rings (SSSR count). The number of guanidine groups is 1. The lowest BCUT2D eigenvalue weighted by Gasteiger charge is -2.09. The summed E-state index contributed by atoms with van der Waals surface area (Å²) in [5.74, 6) is 2.15. The number of aliphatic imine (C=N–C) groups is 1. The van der Waals surface area contributed by atoms with E-state index in [1.807, 2.05) is 13.0 Å². The van der Waals surface area contributed by atoms with Gasteiger partial charge < -0.3 is 19.6 Å². The zero-order valence-corrected chi connectivity index (χ0v) is 15.4. The van der Waals surface area contributed by atoms with Crippen LogP contribution in [0.2, 0.25) is 0 Å². The van der Waals surface area contributed by atoms with Crippen molar-refractivity contribution in [1.82, 2.24) is 15.8 Å². The van der Waals surface area contributed by atoms with E-state index in [1.54, 1.807) is 13.1 Å². The molecule has 0 spiro atoms. The second-order valence-corrected chi connectivity index (χ2v) is 6.44. The summed E-state index contributed by atoms with van der Waals surface area (Å²) in [6, 6.07) is 6.46. The standard InChI is InChI=1S/C19H23FN4O2/c1-11(2)16-8-14(26-24-16)9-22-19(21-4)23-10-18-12(3)15-7-13(20)5-6-17(15)25-18/h5-8,11H,9-10H2,1-4H3,(H2,21,22,23). The highest BCUT2D eigenvalue weighted by atomic mass is 19.1. The van der Waals surface area contributed by atoms with Crippen LogP contribution < -0.4 is 10.6 Å². The Morgan fingerprint density at radius 3 is 2.69 bits per heavy atom. The number of rotatable bonds is 5. The Morgan fingerprint density at radius 1 is 1.23 bits per heavy atom. The molecule has 138 valence electrons. The SMILES string of the molecule is CN=C(NCc1cc(C(C)C)no1)NCc1oc2ccc(F)cc2c1C. The van der Waals surface area contributed by atoms with E-state index in [1.165, 1.54) is 12.1 Å². The normalized spacial score (nSPS) is 12.2. The molecule has 0 fully saturated rings. The predicted molar refractivity (Wildman–Crippen MR) is 98.5 cm³/mol. The van der Waals surface area contributed by atoms with Crippen LogP contribution in [0.15, 0.2) is 38.2 Å². The van der Waals surface area contributed by atoms with Crippen LogP contribution in [-0.2, 0) is 13.1 Å². The van der Waals surface area contributed by atoms with Gasteiger partial charge in [-0.3, -0.25) is 4.99 Å². The molecule has 2 aromatic heterocycles. The van der Waals surface area contributed by atoms with E-state index >= 15 is 0 Å². The molecule has 0 saturated carbocycles. The number of halogens is 1. The van der Waals surface area contributed by atoms with Crippen molar-refractivity contribution >= 4 is 16.9 Å². The zero-order chi connectivity index (χ0) is 18.7. The fraction of sp³-hybridized carbons (Fsp3) is 0.368. The summed E-state index contributed by atoms with van der Waals surface area (Å²) in [4.78, 5) is 4.19. The van der Waals surface area contributed by atoms with E-state index in [2.05, 4.69) is 34.6 Å². The van der Waals surface area contributed by atoms with Gasteiger partial charge in [-0.25, -0.2) is 4.39 Å². The maximum Gasteiger partial charge on any atom is 0.191 e. The van der Waals surface area contributed by atoms with Gasteiger partial charge >= 0.3 is 0 Å². The molecule has 1 aromatic carbocycles. The highest BCUT2D eigenvalue weighted by molar-refractivity contribution is 5.83. The summed E-state index contributed by atoms with van der Waals surface area (Å²) >= 11 is 0. The largest absolute Gasteiger partial charge is 0.459 e.